The molecule has 6 nitrogen and oxygen atoms in total. The van der Waals surface area contributed by atoms with Crippen LogP contribution in [-0.2, 0) is 6.42 Å². The van der Waals surface area contributed by atoms with Gasteiger partial charge in [-0.05, 0) is 36.2 Å². The molecule has 25 heavy (non-hydrogen) atoms. The standard InChI is InChI=1S/C18H16FN3O3/c19-14-8-6-13(7-9-14)16-21-18(25-22-16)17(24)20-15(11-23)10-12-4-2-1-3-5-12/h1-9,15,23H,10-11H2,(H,20,24)/t15-/m0/s1. The van der Waals surface area contributed by atoms with E-state index >= 15 is 0 Å². The van der Waals surface area contributed by atoms with Crippen LogP contribution in [0.5, 0.6) is 0 Å². The van der Waals surface area contributed by atoms with Gasteiger partial charge in [0, 0.05) is 5.56 Å². The van der Waals surface area contributed by atoms with Crippen LogP contribution < -0.4 is 5.32 Å². The van der Waals surface area contributed by atoms with Crippen LogP contribution in [0.15, 0.2) is 59.1 Å². The number of carbonyl (C=O) groups is 1. The van der Waals surface area contributed by atoms with E-state index in [0.29, 0.717) is 12.0 Å². The van der Waals surface area contributed by atoms with E-state index in [0.717, 1.165) is 5.56 Å². The van der Waals surface area contributed by atoms with E-state index in [-0.39, 0.29) is 24.1 Å². The van der Waals surface area contributed by atoms with Crippen LogP contribution in [0, 0.1) is 5.82 Å². The molecule has 1 atom stereocenters. The molecule has 3 rings (SSSR count). The maximum absolute atomic E-state index is 12.9. The quantitative estimate of drug-likeness (QED) is 0.718. The molecule has 2 aromatic carbocycles. The highest BCUT2D eigenvalue weighted by Crippen LogP contribution is 2.16. The first-order valence-corrected chi connectivity index (χ1v) is 7.71. The van der Waals surface area contributed by atoms with Crippen molar-refractivity contribution in [3.63, 3.8) is 0 Å². The van der Waals surface area contributed by atoms with Crippen LogP contribution in [0.25, 0.3) is 11.4 Å². The lowest BCUT2D eigenvalue weighted by atomic mass is 10.1. The number of aromatic nitrogens is 2. The van der Waals surface area contributed by atoms with Crippen molar-refractivity contribution in [3.05, 3.63) is 71.9 Å². The minimum Gasteiger partial charge on any atom is -0.394 e. The van der Waals surface area contributed by atoms with Crippen molar-refractivity contribution in [1.82, 2.24) is 15.5 Å². The SMILES string of the molecule is O=C(N[C@H](CO)Cc1ccccc1)c1nc(-c2ccc(F)cc2)no1. The first-order chi connectivity index (χ1) is 12.2. The van der Waals surface area contributed by atoms with Gasteiger partial charge in [0.2, 0.25) is 5.82 Å². The van der Waals surface area contributed by atoms with Crippen LogP contribution in [0.3, 0.4) is 0 Å². The minimum atomic E-state index is -0.573. The lowest BCUT2D eigenvalue weighted by Gasteiger charge is -2.14. The Kier molecular flexibility index (Phi) is 5.15. The van der Waals surface area contributed by atoms with Gasteiger partial charge < -0.3 is 14.9 Å². The third-order valence-electron chi connectivity index (χ3n) is 3.60. The van der Waals surface area contributed by atoms with E-state index in [1.54, 1.807) is 0 Å². The summed E-state index contributed by atoms with van der Waals surface area (Å²) in [6, 6.07) is 14.5. The van der Waals surface area contributed by atoms with Gasteiger partial charge in [0.05, 0.1) is 12.6 Å². The van der Waals surface area contributed by atoms with Gasteiger partial charge in [0.25, 0.3) is 0 Å². The van der Waals surface area contributed by atoms with E-state index in [1.165, 1.54) is 24.3 Å². The van der Waals surface area contributed by atoms with Crippen molar-refractivity contribution in [2.75, 3.05) is 6.61 Å². The molecule has 3 aromatic rings. The average Bonchev–Trinajstić information content (AvgIpc) is 3.13. The number of aliphatic hydroxyl groups excluding tert-OH is 1. The molecule has 0 saturated heterocycles. The maximum Gasteiger partial charge on any atom is 0.316 e. The Hall–Kier alpha value is -3.06. The van der Waals surface area contributed by atoms with Gasteiger partial charge >= 0.3 is 11.8 Å². The highest BCUT2D eigenvalue weighted by Gasteiger charge is 2.20. The summed E-state index contributed by atoms with van der Waals surface area (Å²) in [5.74, 6) is -0.979. The molecule has 0 saturated carbocycles. The van der Waals surface area contributed by atoms with Crippen LogP contribution in [-0.4, -0.2) is 33.8 Å². The summed E-state index contributed by atoms with van der Waals surface area (Å²) in [7, 11) is 0. The predicted molar refractivity (Wildman–Crippen MR) is 88.2 cm³/mol. The molecule has 0 spiro atoms. The number of halogens is 1. The molecule has 0 aliphatic carbocycles. The van der Waals surface area contributed by atoms with Crippen molar-refractivity contribution in [1.29, 1.82) is 0 Å². The molecule has 2 N–H and O–H groups in total. The lowest BCUT2D eigenvalue weighted by molar-refractivity contribution is 0.0872. The van der Waals surface area contributed by atoms with E-state index in [9.17, 15) is 14.3 Å². The second-order valence-electron chi connectivity index (χ2n) is 5.47. The molecule has 0 unspecified atom stereocenters. The summed E-state index contributed by atoms with van der Waals surface area (Å²) >= 11 is 0. The highest BCUT2D eigenvalue weighted by atomic mass is 19.1. The number of amides is 1. The summed E-state index contributed by atoms with van der Waals surface area (Å²) in [5, 5.41) is 15.9. The third kappa shape index (κ3) is 4.27. The Morgan fingerprint density at radius 2 is 1.88 bits per heavy atom. The number of rotatable bonds is 6. The predicted octanol–water partition coefficient (Wildman–Crippen LogP) is 2.21. The van der Waals surface area contributed by atoms with Crippen molar-refractivity contribution in [2.45, 2.75) is 12.5 Å². The number of benzene rings is 2. The molecule has 7 heteroatoms. The number of nitrogens with one attached hydrogen (secondary N) is 1. The fraction of sp³-hybridized carbons (Fsp3) is 0.167. The Labute approximate surface area is 143 Å². The molecule has 0 bridgehead atoms. The maximum atomic E-state index is 12.9. The Morgan fingerprint density at radius 1 is 1.16 bits per heavy atom. The Bertz CT molecular complexity index is 834. The van der Waals surface area contributed by atoms with Crippen LogP contribution in [0.2, 0.25) is 0 Å². The molecule has 0 radical (unpaired) electrons. The van der Waals surface area contributed by atoms with E-state index in [4.69, 9.17) is 4.52 Å². The molecule has 1 aromatic heterocycles. The van der Waals surface area contributed by atoms with Crippen molar-refractivity contribution in [2.24, 2.45) is 0 Å². The Morgan fingerprint density at radius 3 is 2.56 bits per heavy atom. The zero-order valence-electron chi connectivity index (χ0n) is 13.2. The van der Waals surface area contributed by atoms with Crippen molar-refractivity contribution >= 4 is 5.91 Å². The van der Waals surface area contributed by atoms with Crippen molar-refractivity contribution < 1.29 is 18.8 Å². The minimum absolute atomic E-state index is 0.189. The molecule has 0 aliphatic rings. The number of carbonyl (C=O) groups excluding carboxylic acids is 1. The topological polar surface area (TPSA) is 88.2 Å². The summed E-state index contributed by atoms with van der Waals surface area (Å²) < 4.78 is 17.9. The lowest BCUT2D eigenvalue weighted by Crippen LogP contribution is -2.39. The summed E-state index contributed by atoms with van der Waals surface area (Å²) in [6.07, 6.45) is 0.474. The van der Waals surface area contributed by atoms with Gasteiger partial charge in [-0.25, -0.2) is 4.39 Å². The van der Waals surface area contributed by atoms with Crippen LogP contribution in [0.4, 0.5) is 4.39 Å². The molecule has 0 aliphatic heterocycles. The first kappa shape index (κ1) is 16.8. The van der Waals surface area contributed by atoms with Crippen LogP contribution in [0.1, 0.15) is 16.2 Å². The summed E-state index contributed by atoms with van der Waals surface area (Å²) in [4.78, 5) is 16.2. The molecule has 128 valence electrons. The smallest absolute Gasteiger partial charge is 0.316 e. The summed E-state index contributed by atoms with van der Waals surface area (Å²) in [6.45, 7) is -0.223. The summed E-state index contributed by atoms with van der Waals surface area (Å²) in [5.41, 5.74) is 1.52. The molecule has 0 fully saturated rings. The largest absolute Gasteiger partial charge is 0.394 e. The fourth-order valence-corrected chi connectivity index (χ4v) is 2.34. The molecule has 1 heterocycles. The average molecular weight is 341 g/mol. The van der Waals surface area contributed by atoms with Gasteiger partial charge in [-0.1, -0.05) is 35.5 Å². The second-order valence-corrected chi connectivity index (χ2v) is 5.47. The van der Waals surface area contributed by atoms with Gasteiger partial charge in [-0.3, -0.25) is 4.79 Å². The molecule has 1 amide bonds. The van der Waals surface area contributed by atoms with E-state index < -0.39 is 11.9 Å². The van der Waals surface area contributed by atoms with Gasteiger partial charge in [0.15, 0.2) is 0 Å². The third-order valence-corrected chi connectivity index (χ3v) is 3.60. The number of hydrogen-bond donors (Lipinski definition) is 2. The molecular weight excluding hydrogens is 325 g/mol. The second kappa shape index (κ2) is 7.67. The zero-order chi connectivity index (χ0) is 17.6. The van der Waals surface area contributed by atoms with Gasteiger partial charge in [-0.15, -0.1) is 0 Å². The highest BCUT2D eigenvalue weighted by molar-refractivity contribution is 5.90. The fourth-order valence-electron chi connectivity index (χ4n) is 2.34. The molecular formula is C18H16FN3O3. The zero-order valence-corrected chi connectivity index (χ0v) is 13.2. The normalized spacial score (nSPS) is 11.9. The first-order valence-electron chi connectivity index (χ1n) is 7.71. The van der Waals surface area contributed by atoms with Crippen molar-refractivity contribution in [3.8, 4) is 11.4 Å². The van der Waals surface area contributed by atoms with Gasteiger partial charge in [-0.2, -0.15) is 4.98 Å². The number of nitrogens with zero attached hydrogens (tertiary/aromatic N) is 2. The van der Waals surface area contributed by atoms with Crippen LogP contribution >= 0.6 is 0 Å². The number of aliphatic hydroxyl groups is 1. The van der Waals surface area contributed by atoms with E-state index in [1.807, 2.05) is 30.3 Å². The van der Waals surface area contributed by atoms with E-state index in [2.05, 4.69) is 15.5 Å². The van der Waals surface area contributed by atoms with Gasteiger partial charge in [0.1, 0.15) is 5.82 Å². The number of hydrogen-bond acceptors (Lipinski definition) is 5. The Balaban J connectivity index is 1.67. The monoisotopic (exact) mass is 341 g/mol.